The maximum Gasteiger partial charge on any atom is 0.129 e. The van der Waals surface area contributed by atoms with Crippen molar-refractivity contribution in [2.75, 3.05) is 20.6 Å². The monoisotopic (exact) mass is 208 g/mol. The van der Waals surface area contributed by atoms with Gasteiger partial charge in [-0.3, -0.25) is 0 Å². The lowest BCUT2D eigenvalue weighted by Gasteiger charge is -2.11. The highest BCUT2D eigenvalue weighted by molar-refractivity contribution is 5.19. The molecule has 1 unspecified atom stereocenters. The van der Waals surface area contributed by atoms with E-state index >= 15 is 0 Å². The second kappa shape index (κ2) is 5.19. The van der Waals surface area contributed by atoms with Crippen molar-refractivity contribution in [3.05, 3.63) is 23.3 Å². The SMILES string of the molecule is Cc1nc(CCN(C)C)ncc1C(C)N. The number of nitrogens with two attached hydrogens (primary N) is 1. The van der Waals surface area contributed by atoms with Crippen molar-refractivity contribution >= 4 is 0 Å². The van der Waals surface area contributed by atoms with Gasteiger partial charge >= 0.3 is 0 Å². The molecule has 0 saturated heterocycles. The van der Waals surface area contributed by atoms with Gasteiger partial charge < -0.3 is 10.6 Å². The lowest BCUT2D eigenvalue weighted by molar-refractivity contribution is 0.409. The Morgan fingerprint density at radius 2 is 2.13 bits per heavy atom. The molecule has 1 heterocycles. The number of aryl methyl sites for hydroxylation is 1. The summed E-state index contributed by atoms with van der Waals surface area (Å²) in [5.74, 6) is 0.894. The summed E-state index contributed by atoms with van der Waals surface area (Å²) in [7, 11) is 4.09. The molecule has 0 fully saturated rings. The molecule has 0 amide bonds. The van der Waals surface area contributed by atoms with Gasteiger partial charge in [0.05, 0.1) is 0 Å². The molecule has 1 aromatic heterocycles. The van der Waals surface area contributed by atoms with Crippen LogP contribution in [0.15, 0.2) is 6.20 Å². The van der Waals surface area contributed by atoms with Gasteiger partial charge in [-0.1, -0.05) is 0 Å². The summed E-state index contributed by atoms with van der Waals surface area (Å²) in [6, 6.07) is 0.00731. The van der Waals surface area contributed by atoms with E-state index in [0.717, 1.165) is 30.0 Å². The smallest absolute Gasteiger partial charge is 0.129 e. The molecule has 1 atom stereocenters. The zero-order valence-electron chi connectivity index (χ0n) is 9.99. The van der Waals surface area contributed by atoms with Gasteiger partial charge in [-0.25, -0.2) is 9.97 Å². The molecule has 1 aromatic rings. The van der Waals surface area contributed by atoms with Crippen LogP contribution in [0.1, 0.15) is 30.0 Å². The van der Waals surface area contributed by atoms with Crippen molar-refractivity contribution in [1.82, 2.24) is 14.9 Å². The lowest BCUT2D eigenvalue weighted by Crippen LogP contribution is -2.17. The number of nitrogens with zero attached hydrogens (tertiary/aromatic N) is 3. The molecule has 2 N–H and O–H groups in total. The first-order valence-electron chi connectivity index (χ1n) is 5.23. The van der Waals surface area contributed by atoms with E-state index < -0.39 is 0 Å². The van der Waals surface area contributed by atoms with Crippen LogP contribution in [0.5, 0.6) is 0 Å². The van der Waals surface area contributed by atoms with E-state index in [-0.39, 0.29) is 6.04 Å². The van der Waals surface area contributed by atoms with Gasteiger partial charge in [-0.2, -0.15) is 0 Å². The van der Waals surface area contributed by atoms with Crippen molar-refractivity contribution in [3.63, 3.8) is 0 Å². The highest BCUT2D eigenvalue weighted by Gasteiger charge is 2.06. The van der Waals surface area contributed by atoms with E-state index in [1.807, 2.05) is 34.1 Å². The molecule has 84 valence electrons. The summed E-state index contributed by atoms with van der Waals surface area (Å²) in [6.07, 6.45) is 2.73. The van der Waals surface area contributed by atoms with Crippen molar-refractivity contribution < 1.29 is 0 Å². The zero-order valence-corrected chi connectivity index (χ0v) is 9.99. The maximum atomic E-state index is 5.80. The highest BCUT2D eigenvalue weighted by atomic mass is 15.1. The summed E-state index contributed by atoms with van der Waals surface area (Å²) in [4.78, 5) is 10.9. The molecule has 0 saturated carbocycles. The normalized spacial score (nSPS) is 13.2. The van der Waals surface area contributed by atoms with E-state index in [0.29, 0.717) is 0 Å². The molecular weight excluding hydrogens is 188 g/mol. The van der Waals surface area contributed by atoms with Crippen molar-refractivity contribution in [3.8, 4) is 0 Å². The average Bonchev–Trinajstić information content (AvgIpc) is 2.14. The first kappa shape index (κ1) is 12.1. The second-order valence-electron chi connectivity index (χ2n) is 4.17. The third kappa shape index (κ3) is 3.57. The minimum Gasteiger partial charge on any atom is -0.324 e. The quantitative estimate of drug-likeness (QED) is 0.799. The molecule has 0 aromatic carbocycles. The van der Waals surface area contributed by atoms with Gasteiger partial charge in [-0.05, 0) is 27.9 Å². The second-order valence-corrected chi connectivity index (χ2v) is 4.17. The summed E-state index contributed by atoms with van der Waals surface area (Å²) < 4.78 is 0. The van der Waals surface area contributed by atoms with Crippen LogP contribution in [0.3, 0.4) is 0 Å². The van der Waals surface area contributed by atoms with Crippen LogP contribution in [-0.2, 0) is 6.42 Å². The van der Waals surface area contributed by atoms with Crippen molar-refractivity contribution in [1.29, 1.82) is 0 Å². The fraction of sp³-hybridized carbons (Fsp3) is 0.636. The molecule has 0 radical (unpaired) electrons. The van der Waals surface area contributed by atoms with E-state index in [1.165, 1.54) is 0 Å². The third-order valence-corrected chi connectivity index (χ3v) is 2.34. The van der Waals surface area contributed by atoms with Crippen molar-refractivity contribution in [2.24, 2.45) is 5.73 Å². The van der Waals surface area contributed by atoms with E-state index in [1.54, 1.807) is 0 Å². The molecule has 15 heavy (non-hydrogen) atoms. The van der Waals surface area contributed by atoms with Gasteiger partial charge in [0, 0.05) is 36.5 Å². The zero-order chi connectivity index (χ0) is 11.4. The Labute approximate surface area is 91.5 Å². The number of aromatic nitrogens is 2. The van der Waals surface area contributed by atoms with Crippen LogP contribution in [-0.4, -0.2) is 35.5 Å². The van der Waals surface area contributed by atoms with Crippen LogP contribution in [0.4, 0.5) is 0 Å². The number of hydrogen-bond donors (Lipinski definition) is 1. The number of hydrogen-bond acceptors (Lipinski definition) is 4. The minimum atomic E-state index is 0.00731. The topological polar surface area (TPSA) is 55.0 Å². The van der Waals surface area contributed by atoms with Gasteiger partial charge in [0.2, 0.25) is 0 Å². The predicted molar refractivity (Wildman–Crippen MR) is 61.6 cm³/mol. The Morgan fingerprint density at radius 1 is 1.47 bits per heavy atom. The molecule has 1 rings (SSSR count). The van der Waals surface area contributed by atoms with Crippen molar-refractivity contribution in [2.45, 2.75) is 26.3 Å². The predicted octanol–water partition coefficient (Wildman–Crippen LogP) is 0.909. The summed E-state index contributed by atoms with van der Waals surface area (Å²) in [6.45, 7) is 4.90. The fourth-order valence-electron chi connectivity index (χ4n) is 1.42. The van der Waals surface area contributed by atoms with Crippen LogP contribution < -0.4 is 5.73 Å². The Morgan fingerprint density at radius 3 is 2.60 bits per heavy atom. The van der Waals surface area contributed by atoms with Gasteiger partial charge in [0.15, 0.2) is 0 Å². The molecule has 4 heteroatoms. The Hall–Kier alpha value is -1.00. The van der Waals surface area contributed by atoms with Crippen LogP contribution in [0.2, 0.25) is 0 Å². The fourth-order valence-corrected chi connectivity index (χ4v) is 1.42. The van der Waals surface area contributed by atoms with Crippen LogP contribution in [0.25, 0.3) is 0 Å². The molecule has 0 aliphatic rings. The molecule has 0 bridgehead atoms. The molecule has 0 aliphatic heterocycles. The van der Waals surface area contributed by atoms with Gasteiger partial charge in [0.1, 0.15) is 5.82 Å². The maximum absolute atomic E-state index is 5.80. The summed E-state index contributed by atoms with van der Waals surface area (Å²) >= 11 is 0. The standard InChI is InChI=1S/C11H20N4/c1-8(12)10-7-13-11(14-9(10)2)5-6-15(3)4/h7-8H,5-6,12H2,1-4H3. The third-order valence-electron chi connectivity index (χ3n) is 2.34. The summed E-state index contributed by atoms with van der Waals surface area (Å²) in [5.41, 5.74) is 7.82. The molecule has 0 spiro atoms. The van der Waals surface area contributed by atoms with Gasteiger partial charge in [0.25, 0.3) is 0 Å². The van der Waals surface area contributed by atoms with E-state index in [4.69, 9.17) is 5.73 Å². The number of rotatable bonds is 4. The average molecular weight is 208 g/mol. The molecule has 4 nitrogen and oxygen atoms in total. The Kier molecular flexibility index (Phi) is 4.17. The van der Waals surface area contributed by atoms with E-state index in [9.17, 15) is 0 Å². The first-order valence-corrected chi connectivity index (χ1v) is 5.23. The lowest BCUT2D eigenvalue weighted by atomic mass is 10.1. The Balaban J connectivity index is 2.73. The van der Waals surface area contributed by atoms with Crippen LogP contribution >= 0.6 is 0 Å². The van der Waals surface area contributed by atoms with E-state index in [2.05, 4.69) is 14.9 Å². The molecular formula is C11H20N4. The highest BCUT2D eigenvalue weighted by Crippen LogP contribution is 2.11. The van der Waals surface area contributed by atoms with Gasteiger partial charge in [-0.15, -0.1) is 0 Å². The molecule has 0 aliphatic carbocycles. The summed E-state index contributed by atoms with van der Waals surface area (Å²) in [5, 5.41) is 0. The number of likely N-dealkylation sites (N-methyl/N-ethyl adjacent to an activating group) is 1. The van der Waals surface area contributed by atoms with Crippen LogP contribution in [0, 0.1) is 6.92 Å². The Bertz CT molecular complexity index is 320. The largest absolute Gasteiger partial charge is 0.324 e. The first-order chi connectivity index (χ1) is 7.00. The minimum absolute atomic E-state index is 0.00731.